The van der Waals surface area contributed by atoms with Crippen LogP contribution in [0.2, 0.25) is 0 Å². The molecule has 0 atom stereocenters. The van der Waals surface area contributed by atoms with E-state index in [1.807, 2.05) is 13.8 Å². The number of sulfonamides is 1. The van der Waals surface area contributed by atoms with Crippen molar-refractivity contribution < 1.29 is 22.3 Å². The van der Waals surface area contributed by atoms with Crippen molar-refractivity contribution >= 4 is 15.9 Å². The van der Waals surface area contributed by atoms with Gasteiger partial charge in [0.05, 0.1) is 11.4 Å². The fraction of sp³-hybridized carbons (Fsp3) is 0.217. The van der Waals surface area contributed by atoms with Crippen LogP contribution in [0.5, 0.6) is 11.6 Å². The molecule has 3 rings (SSSR count). The largest absolute Gasteiger partial charge is 0.439 e. The molecule has 3 aromatic rings. The van der Waals surface area contributed by atoms with Crippen molar-refractivity contribution in [3.05, 3.63) is 83.3 Å². The second kappa shape index (κ2) is 9.88. The lowest BCUT2D eigenvalue weighted by molar-refractivity contribution is -0.121. The Bertz CT molecular complexity index is 1210. The molecule has 1 amide bonds. The highest BCUT2D eigenvalue weighted by Crippen LogP contribution is 2.20. The Morgan fingerprint density at radius 2 is 1.88 bits per heavy atom. The van der Waals surface area contributed by atoms with Gasteiger partial charge in [-0.15, -0.1) is 0 Å². The molecule has 0 bridgehead atoms. The average Bonchev–Trinajstić information content (AvgIpc) is 2.75. The van der Waals surface area contributed by atoms with E-state index in [9.17, 15) is 17.6 Å². The summed E-state index contributed by atoms with van der Waals surface area (Å²) >= 11 is 0. The molecular formula is C23H24FN3O4S. The number of rotatable bonds is 8. The summed E-state index contributed by atoms with van der Waals surface area (Å²) in [6.45, 7) is 3.59. The SMILES string of the molecule is Cc1ccc(S(=O)(=O)N(C)CC(=O)NCc2ccc(Oc3cccc(F)c3)nc2)cc1C. The van der Waals surface area contributed by atoms with Crippen LogP contribution in [0, 0.1) is 19.7 Å². The van der Waals surface area contributed by atoms with E-state index in [2.05, 4.69) is 10.3 Å². The molecule has 1 N–H and O–H groups in total. The van der Waals surface area contributed by atoms with Crippen LogP contribution in [0.25, 0.3) is 0 Å². The van der Waals surface area contributed by atoms with Crippen LogP contribution in [0.15, 0.2) is 65.7 Å². The van der Waals surface area contributed by atoms with E-state index in [1.54, 1.807) is 30.3 Å². The van der Waals surface area contributed by atoms with Crippen molar-refractivity contribution in [2.75, 3.05) is 13.6 Å². The molecule has 1 heterocycles. The van der Waals surface area contributed by atoms with E-state index in [0.29, 0.717) is 11.3 Å². The predicted octanol–water partition coefficient (Wildman–Crippen LogP) is 3.57. The summed E-state index contributed by atoms with van der Waals surface area (Å²) in [4.78, 5) is 16.5. The van der Waals surface area contributed by atoms with E-state index in [-0.39, 0.29) is 23.9 Å². The first kappa shape index (κ1) is 23.4. The minimum Gasteiger partial charge on any atom is -0.439 e. The number of benzene rings is 2. The number of halogens is 1. The summed E-state index contributed by atoms with van der Waals surface area (Å²) in [5.74, 6) is -0.247. The third kappa shape index (κ3) is 5.89. The normalized spacial score (nSPS) is 11.4. The van der Waals surface area contributed by atoms with Gasteiger partial charge in [0.15, 0.2) is 0 Å². The lowest BCUT2D eigenvalue weighted by atomic mass is 10.1. The molecule has 32 heavy (non-hydrogen) atoms. The number of nitrogens with one attached hydrogen (secondary N) is 1. The standard InChI is InChI=1S/C23H24FN3O4S/c1-16-7-9-21(11-17(16)2)32(29,30)27(3)15-22(28)25-13-18-8-10-23(26-14-18)31-20-6-4-5-19(24)12-20/h4-12,14H,13,15H2,1-3H3,(H,25,28). The van der Waals surface area contributed by atoms with E-state index in [0.717, 1.165) is 15.4 Å². The fourth-order valence-electron chi connectivity index (χ4n) is 2.83. The molecule has 0 fully saturated rings. The van der Waals surface area contributed by atoms with Crippen molar-refractivity contribution in [1.82, 2.24) is 14.6 Å². The van der Waals surface area contributed by atoms with Gasteiger partial charge in [0.2, 0.25) is 21.8 Å². The van der Waals surface area contributed by atoms with Crippen molar-refractivity contribution in [3.63, 3.8) is 0 Å². The number of amides is 1. The fourth-order valence-corrected chi connectivity index (χ4v) is 4.04. The third-order valence-electron chi connectivity index (χ3n) is 4.86. The Morgan fingerprint density at radius 3 is 2.53 bits per heavy atom. The highest BCUT2D eigenvalue weighted by atomic mass is 32.2. The molecule has 2 aromatic carbocycles. The summed E-state index contributed by atoms with van der Waals surface area (Å²) in [6.07, 6.45) is 1.52. The molecule has 0 aliphatic rings. The van der Waals surface area contributed by atoms with E-state index in [1.165, 1.54) is 37.5 Å². The molecule has 0 spiro atoms. The molecule has 0 aliphatic heterocycles. The van der Waals surface area contributed by atoms with Crippen LogP contribution < -0.4 is 10.1 Å². The number of carbonyl (C=O) groups excluding carboxylic acids is 1. The molecule has 168 valence electrons. The highest BCUT2D eigenvalue weighted by Gasteiger charge is 2.23. The monoisotopic (exact) mass is 457 g/mol. The molecule has 7 nitrogen and oxygen atoms in total. The first-order valence-corrected chi connectivity index (χ1v) is 11.3. The summed E-state index contributed by atoms with van der Waals surface area (Å²) < 4.78 is 45.1. The number of aryl methyl sites for hydroxylation is 2. The topological polar surface area (TPSA) is 88.6 Å². The van der Waals surface area contributed by atoms with Gasteiger partial charge in [-0.3, -0.25) is 4.79 Å². The maximum atomic E-state index is 13.2. The maximum Gasteiger partial charge on any atom is 0.243 e. The van der Waals surface area contributed by atoms with Gasteiger partial charge in [-0.25, -0.2) is 17.8 Å². The smallest absolute Gasteiger partial charge is 0.243 e. The van der Waals surface area contributed by atoms with E-state index < -0.39 is 21.7 Å². The van der Waals surface area contributed by atoms with Crippen LogP contribution in [-0.4, -0.2) is 37.2 Å². The Labute approximate surface area is 186 Å². The quantitative estimate of drug-likeness (QED) is 0.559. The zero-order chi connectivity index (χ0) is 23.3. The van der Waals surface area contributed by atoms with Gasteiger partial charge in [-0.1, -0.05) is 18.2 Å². The lowest BCUT2D eigenvalue weighted by Crippen LogP contribution is -2.38. The predicted molar refractivity (Wildman–Crippen MR) is 118 cm³/mol. The number of hydrogen-bond acceptors (Lipinski definition) is 5. The number of carbonyl (C=O) groups is 1. The Morgan fingerprint density at radius 1 is 1.09 bits per heavy atom. The number of pyridine rings is 1. The summed E-state index contributed by atoms with van der Waals surface area (Å²) in [7, 11) is -2.41. The van der Waals surface area contributed by atoms with Gasteiger partial charge >= 0.3 is 0 Å². The first-order valence-electron chi connectivity index (χ1n) is 9.84. The molecule has 1 aromatic heterocycles. The van der Waals surface area contributed by atoms with Gasteiger partial charge in [0, 0.05) is 31.9 Å². The van der Waals surface area contributed by atoms with Gasteiger partial charge in [0.1, 0.15) is 11.6 Å². The number of ether oxygens (including phenoxy) is 1. The molecule has 0 aliphatic carbocycles. The number of nitrogens with zero attached hydrogens (tertiary/aromatic N) is 2. The Kier molecular flexibility index (Phi) is 7.22. The molecule has 0 saturated carbocycles. The van der Waals surface area contributed by atoms with E-state index >= 15 is 0 Å². The maximum absolute atomic E-state index is 13.2. The minimum absolute atomic E-state index is 0.147. The van der Waals surface area contributed by atoms with Crippen molar-refractivity contribution in [2.45, 2.75) is 25.3 Å². The molecule has 0 unspecified atom stereocenters. The molecule has 0 saturated heterocycles. The number of aromatic nitrogens is 1. The van der Waals surface area contributed by atoms with Crippen LogP contribution in [0.4, 0.5) is 4.39 Å². The summed E-state index contributed by atoms with van der Waals surface area (Å²) in [6, 6.07) is 13.9. The second-order valence-electron chi connectivity index (χ2n) is 7.35. The molecular weight excluding hydrogens is 433 g/mol. The van der Waals surface area contributed by atoms with Gasteiger partial charge in [0.25, 0.3) is 0 Å². The lowest BCUT2D eigenvalue weighted by Gasteiger charge is -2.17. The molecule has 9 heteroatoms. The third-order valence-corrected chi connectivity index (χ3v) is 6.66. The summed E-state index contributed by atoms with van der Waals surface area (Å²) in [5.41, 5.74) is 2.55. The zero-order valence-corrected chi connectivity index (χ0v) is 18.8. The second-order valence-corrected chi connectivity index (χ2v) is 9.39. The van der Waals surface area contributed by atoms with Crippen molar-refractivity contribution in [1.29, 1.82) is 0 Å². The van der Waals surface area contributed by atoms with Gasteiger partial charge < -0.3 is 10.1 Å². The molecule has 0 radical (unpaired) electrons. The van der Waals surface area contributed by atoms with E-state index in [4.69, 9.17) is 4.74 Å². The van der Waals surface area contributed by atoms with Crippen LogP contribution in [0.3, 0.4) is 0 Å². The number of hydrogen-bond donors (Lipinski definition) is 1. The van der Waals surface area contributed by atoms with Crippen LogP contribution >= 0.6 is 0 Å². The minimum atomic E-state index is -3.78. The van der Waals surface area contributed by atoms with Crippen molar-refractivity contribution in [3.8, 4) is 11.6 Å². The average molecular weight is 458 g/mol. The Balaban J connectivity index is 1.54. The highest BCUT2D eigenvalue weighted by molar-refractivity contribution is 7.89. The van der Waals surface area contributed by atoms with Crippen molar-refractivity contribution in [2.24, 2.45) is 0 Å². The van der Waals surface area contributed by atoms with Gasteiger partial charge in [-0.2, -0.15) is 4.31 Å². The number of likely N-dealkylation sites (N-methyl/N-ethyl adjacent to an activating group) is 1. The zero-order valence-electron chi connectivity index (χ0n) is 18.0. The van der Waals surface area contributed by atoms with Crippen LogP contribution in [-0.2, 0) is 21.4 Å². The first-order chi connectivity index (χ1) is 15.1. The van der Waals surface area contributed by atoms with Crippen LogP contribution in [0.1, 0.15) is 16.7 Å². The summed E-state index contributed by atoms with van der Waals surface area (Å²) in [5, 5.41) is 2.68. The van der Waals surface area contributed by atoms with Gasteiger partial charge in [-0.05, 0) is 54.8 Å². The Hall–Kier alpha value is -3.30.